The third-order valence-corrected chi connectivity index (χ3v) is 5.46. The van der Waals surface area contributed by atoms with Gasteiger partial charge in [0.05, 0.1) is 31.5 Å². The van der Waals surface area contributed by atoms with E-state index in [4.69, 9.17) is 9.47 Å². The molecule has 1 aromatic carbocycles. The first kappa shape index (κ1) is 23.5. The highest BCUT2D eigenvalue weighted by Crippen LogP contribution is 2.30. The summed E-state index contributed by atoms with van der Waals surface area (Å²) >= 11 is 0. The predicted molar refractivity (Wildman–Crippen MR) is 129 cm³/mol. The maximum absolute atomic E-state index is 12.9. The Morgan fingerprint density at radius 2 is 2.00 bits per heavy atom. The van der Waals surface area contributed by atoms with Crippen molar-refractivity contribution in [3.63, 3.8) is 0 Å². The van der Waals surface area contributed by atoms with E-state index in [0.717, 1.165) is 11.9 Å². The number of morpholine rings is 1. The molecule has 3 heterocycles. The molecule has 0 bridgehead atoms. The number of hydrogen-bond acceptors (Lipinski definition) is 7. The number of fused-ring (bicyclic) bond motifs is 1. The molecule has 0 spiro atoms. The molecule has 2 amide bonds. The number of anilines is 2. The Balaban J connectivity index is 1.50. The molecule has 3 aromatic rings. The number of carbonyl (C=O) groups excluding carboxylic acids is 2. The minimum Gasteiger partial charge on any atom is -0.494 e. The summed E-state index contributed by atoms with van der Waals surface area (Å²) in [6.07, 6.45) is 1.79. The smallest absolute Gasteiger partial charge is 0.274 e. The Morgan fingerprint density at radius 1 is 1.21 bits per heavy atom. The summed E-state index contributed by atoms with van der Waals surface area (Å²) < 4.78 is 12.4. The van der Waals surface area contributed by atoms with Crippen LogP contribution in [0, 0.1) is 5.92 Å². The highest BCUT2D eigenvalue weighted by Gasteiger charge is 2.19. The first-order valence-electron chi connectivity index (χ1n) is 11.4. The first-order chi connectivity index (χ1) is 16.4. The first-order valence-corrected chi connectivity index (χ1v) is 11.4. The summed E-state index contributed by atoms with van der Waals surface area (Å²) in [6.45, 7) is 7.40. The minimum atomic E-state index is -0.347. The molecule has 10 nitrogen and oxygen atoms in total. The van der Waals surface area contributed by atoms with Gasteiger partial charge in [-0.05, 0) is 24.1 Å². The van der Waals surface area contributed by atoms with Crippen LogP contribution in [0.5, 0.6) is 5.75 Å². The van der Waals surface area contributed by atoms with Crippen molar-refractivity contribution in [1.29, 1.82) is 0 Å². The van der Waals surface area contributed by atoms with Crippen LogP contribution >= 0.6 is 0 Å². The van der Waals surface area contributed by atoms with Gasteiger partial charge in [-0.15, -0.1) is 0 Å². The summed E-state index contributed by atoms with van der Waals surface area (Å²) in [5.74, 6) is 1.23. The molecule has 0 unspecified atom stereocenters. The second kappa shape index (κ2) is 10.5. The van der Waals surface area contributed by atoms with Gasteiger partial charge in [-0.1, -0.05) is 19.9 Å². The second-order valence-corrected chi connectivity index (χ2v) is 8.57. The molecule has 2 N–H and O–H groups in total. The fourth-order valence-electron chi connectivity index (χ4n) is 3.66. The number of amides is 2. The van der Waals surface area contributed by atoms with Crippen LogP contribution in [-0.4, -0.2) is 71.4 Å². The summed E-state index contributed by atoms with van der Waals surface area (Å²) in [6, 6.07) is 8.82. The van der Waals surface area contributed by atoms with Crippen molar-refractivity contribution < 1.29 is 19.1 Å². The molecule has 2 aromatic heterocycles. The highest BCUT2D eigenvalue weighted by atomic mass is 16.5. The normalized spacial score (nSPS) is 13.8. The topological polar surface area (TPSA) is 111 Å². The maximum Gasteiger partial charge on any atom is 0.274 e. The number of nitrogens with zero attached hydrogens (tertiary/aromatic N) is 4. The summed E-state index contributed by atoms with van der Waals surface area (Å²) in [5.41, 5.74) is 1.46. The van der Waals surface area contributed by atoms with Crippen LogP contribution in [0.15, 0.2) is 36.5 Å². The van der Waals surface area contributed by atoms with Gasteiger partial charge in [-0.2, -0.15) is 5.10 Å². The van der Waals surface area contributed by atoms with Crippen molar-refractivity contribution in [2.24, 2.45) is 5.92 Å². The number of nitrogens with one attached hydrogen (secondary N) is 2. The van der Waals surface area contributed by atoms with Gasteiger partial charge >= 0.3 is 0 Å². The third kappa shape index (κ3) is 5.63. The molecule has 1 aliphatic rings. The van der Waals surface area contributed by atoms with Gasteiger partial charge in [0.25, 0.3) is 5.91 Å². The lowest BCUT2D eigenvalue weighted by Crippen LogP contribution is -2.42. The van der Waals surface area contributed by atoms with Crippen molar-refractivity contribution in [3.8, 4) is 5.75 Å². The van der Waals surface area contributed by atoms with Gasteiger partial charge in [-0.3, -0.25) is 14.3 Å². The molecular formula is C24H30N6O4. The maximum atomic E-state index is 12.9. The van der Waals surface area contributed by atoms with E-state index in [1.165, 1.54) is 7.11 Å². The Morgan fingerprint density at radius 3 is 2.74 bits per heavy atom. The number of ether oxygens (including phenoxy) is 2. The van der Waals surface area contributed by atoms with Crippen LogP contribution in [0.25, 0.3) is 10.9 Å². The van der Waals surface area contributed by atoms with Crippen molar-refractivity contribution in [3.05, 3.63) is 42.2 Å². The lowest BCUT2D eigenvalue weighted by atomic mass is 10.2. The zero-order valence-corrected chi connectivity index (χ0v) is 19.7. The molecule has 1 aliphatic heterocycles. The molecule has 0 saturated carbocycles. The molecule has 34 heavy (non-hydrogen) atoms. The Bertz CT molecular complexity index is 1170. The van der Waals surface area contributed by atoms with Crippen molar-refractivity contribution in [2.45, 2.75) is 20.4 Å². The zero-order chi connectivity index (χ0) is 24.1. The molecule has 1 fully saturated rings. The molecule has 4 rings (SSSR count). The van der Waals surface area contributed by atoms with Gasteiger partial charge in [0.15, 0.2) is 0 Å². The molecule has 0 radical (unpaired) electrons. The van der Waals surface area contributed by atoms with Gasteiger partial charge in [0, 0.05) is 37.3 Å². The Kier molecular flexibility index (Phi) is 7.27. The van der Waals surface area contributed by atoms with Crippen molar-refractivity contribution in [1.82, 2.24) is 19.7 Å². The molecular weight excluding hydrogens is 436 g/mol. The molecule has 10 heteroatoms. The van der Waals surface area contributed by atoms with Crippen LogP contribution in [-0.2, 0) is 16.1 Å². The Hall–Kier alpha value is -3.66. The minimum absolute atomic E-state index is 0.00590. The van der Waals surface area contributed by atoms with E-state index < -0.39 is 0 Å². The van der Waals surface area contributed by atoms with Crippen molar-refractivity contribution in [2.75, 3.05) is 50.6 Å². The lowest BCUT2D eigenvalue weighted by Gasteiger charge is -2.26. The van der Waals surface area contributed by atoms with Crippen LogP contribution < -0.4 is 15.4 Å². The van der Waals surface area contributed by atoms with Gasteiger partial charge < -0.3 is 25.0 Å². The monoisotopic (exact) mass is 466 g/mol. The second-order valence-electron chi connectivity index (χ2n) is 8.57. The number of rotatable bonds is 8. The van der Waals surface area contributed by atoms with Gasteiger partial charge in [0.2, 0.25) is 5.91 Å². The molecule has 0 atom stereocenters. The summed E-state index contributed by atoms with van der Waals surface area (Å²) in [5, 5.41) is 11.4. The fourth-order valence-corrected chi connectivity index (χ4v) is 3.66. The van der Waals surface area contributed by atoms with Crippen LogP contribution in [0.1, 0.15) is 24.3 Å². The van der Waals surface area contributed by atoms with Crippen LogP contribution in [0.4, 0.5) is 11.5 Å². The SMILES string of the molecule is COc1cc2nn(CC(=O)N3CCOCC3)cc2cc1NC(=O)c1cccc(NCC(C)C)n1. The van der Waals surface area contributed by atoms with E-state index in [-0.39, 0.29) is 18.4 Å². The van der Waals surface area contributed by atoms with E-state index in [2.05, 4.69) is 34.6 Å². The number of hydrogen-bond donors (Lipinski definition) is 2. The van der Waals surface area contributed by atoms with Crippen molar-refractivity contribution >= 4 is 34.2 Å². The number of benzene rings is 1. The van der Waals surface area contributed by atoms with E-state index in [0.29, 0.717) is 60.7 Å². The molecule has 180 valence electrons. The molecule has 0 aliphatic carbocycles. The predicted octanol–water partition coefficient (Wildman–Crippen LogP) is 2.62. The van der Waals surface area contributed by atoms with E-state index in [1.54, 1.807) is 40.0 Å². The van der Waals surface area contributed by atoms with E-state index in [9.17, 15) is 9.59 Å². The quantitative estimate of drug-likeness (QED) is 0.525. The van der Waals surface area contributed by atoms with E-state index in [1.807, 2.05) is 6.07 Å². The van der Waals surface area contributed by atoms with Crippen LogP contribution in [0.2, 0.25) is 0 Å². The average molecular weight is 467 g/mol. The van der Waals surface area contributed by atoms with E-state index >= 15 is 0 Å². The van der Waals surface area contributed by atoms with Gasteiger partial charge in [-0.25, -0.2) is 4.98 Å². The average Bonchev–Trinajstić information content (AvgIpc) is 3.23. The standard InChI is InChI=1S/C24H30N6O4/c1-16(2)13-25-22-6-4-5-18(26-22)24(32)27-20-11-17-14-30(28-19(17)12-21(20)33-3)15-23(31)29-7-9-34-10-8-29/h4-6,11-12,14,16H,7-10,13,15H2,1-3H3,(H,25,26)(H,27,32). The van der Waals surface area contributed by atoms with Gasteiger partial charge in [0.1, 0.15) is 23.8 Å². The number of aromatic nitrogens is 3. The lowest BCUT2D eigenvalue weighted by molar-refractivity contribution is -0.136. The summed E-state index contributed by atoms with van der Waals surface area (Å²) in [4.78, 5) is 31.6. The number of pyridine rings is 1. The third-order valence-electron chi connectivity index (χ3n) is 5.46. The highest BCUT2D eigenvalue weighted by molar-refractivity contribution is 6.05. The number of methoxy groups -OCH3 is 1. The molecule has 1 saturated heterocycles. The summed E-state index contributed by atoms with van der Waals surface area (Å²) in [7, 11) is 1.53. The number of carbonyl (C=O) groups is 2. The Labute approximate surface area is 198 Å². The van der Waals surface area contributed by atoms with Crippen LogP contribution in [0.3, 0.4) is 0 Å². The fraction of sp³-hybridized carbons (Fsp3) is 0.417. The zero-order valence-electron chi connectivity index (χ0n) is 19.7. The largest absolute Gasteiger partial charge is 0.494 e.